The van der Waals surface area contributed by atoms with Gasteiger partial charge in [0.05, 0.1) is 6.10 Å². The van der Waals surface area contributed by atoms with Crippen molar-refractivity contribution in [3.8, 4) is 0 Å². The molecule has 0 saturated carbocycles. The lowest BCUT2D eigenvalue weighted by molar-refractivity contribution is 0.176. The Hall–Kier alpha value is -1.74. The van der Waals surface area contributed by atoms with Crippen LogP contribution < -0.4 is 0 Å². The quantitative estimate of drug-likeness (QED) is 0.900. The zero-order valence-corrected chi connectivity index (χ0v) is 11.8. The second-order valence-corrected chi connectivity index (χ2v) is 5.67. The molecular weight excluding hydrogens is 270 g/mol. The van der Waals surface area contributed by atoms with Gasteiger partial charge in [-0.3, -0.25) is 0 Å². The number of hydrogen-bond donors (Lipinski definition) is 1. The summed E-state index contributed by atoms with van der Waals surface area (Å²) < 4.78 is 26.9. The molecule has 1 unspecified atom stereocenters. The van der Waals surface area contributed by atoms with Crippen LogP contribution in [0.1, 0.15) is 41.2 Å². The number of benzene rings is 2. The van der Waals surface area contributed by atoms with E-state index in [1.54, 1.807) is 0 Å². The summed E-state index contributed by atoms with van der Waals surface area (Å²) in [6, 6.07) is 10.0. The molecule has 1 atom stereocenters. The lowest BCUT2D eigenvalue weighted by Gasteiger charge is -2.19. The van der Waals surface area contributed by atoms with Crippen LogP contribution in [0.5, 0.6) is 0 Å². The highest BCUT2D eigenvalue weighted by Crippen LogP contribution is 2.27. The fourth-order valence-electron chi connectivity index (χ4n) is 2.99. The van der Waals surface area contributed by atoms with Gasteiger partial charge < -0.3 is 5.11 Å². The van der Waals surface area contributed by atoms with E-state index in [9.17, 15) is 13.9 Å². The van der Waals surface area contributed by atoms with Gasteiger partial charge in [-0.05, 0) is 54.0 Å². The summed E-state index contributed by atoms with van der Waals surface area (Å²) in [5, 5.41) is 10.3. The van der Waals surface area contributed by atoms with Crippen LogP contribution >= 0.6 is 0 Å². The highest BCUT2D eigenvalue weighted by Gasteiger charge is 2.16. The first kappa shape index (κ1) is 14.2. The molecule has 21 heavy (non-hydrogen) atoms. The number of halogens is 2. The molecule has 110 valence electrons. The van der Waals surface area contributed by atoms with Gasteiger partial charge in [-0.2, -0.15) is 0 Å². The lowest BCUT2D eigenvalue weighted by atomic mass is 9.88. The van der Waals surface area contributed by atoms with E-state index in [0.29, 0.717) is 0 Å². The molecule has 0 saturated heterocycles. The van der Waals surface area contributed by atoms with E-state index in [1.807, 2.05) is 12.1 Å². The predicted molar refractivity (Wildman–Crippen MR) is 78.1 cm³/mol. The van der Waals surface area contributed by atoms with Crippen molar-refractivity contribution in [1.82, 2.24) is 0 Å². The van der Waals surface area contributed by atoms with E-state index >= 15 is 0 Å². The topological polar surface area (TPSA) is 20.2 Å². The summed E-state index contributed by atoms with van der Waals surface area (Å²) in [6.07, 6.45) is 3.78. The zero-order chi connectivity index (χ0) is 14.8. The standard InChI is InChI=1S/C18H18F2O/c19-16-7-3-6-15(18(16)20)11-17(21)14-9-8-12-4-1-2-5-13(12)10-14/h3,6-10,17,21H,1-2,4-5,11H2. The van der Waals surface area contributed by atoms with Crippen molar-refractivity contribution in [2.24, 2.45) is 0 Å². The number of rotatable bonds is 3. The van der Waals surface area contributed by atoms with E-state index in [2.05, 4.69) is 6.07 Å². The number of fused-ring (bicyclic) bond motifs is 1. The van der Waals surface area contributed by atoms with Gasteiger partial charge in [-0.15, -0.1) is 0 Å². The molecule has 0 bridgehead atoms. The maximum Gasteiger partial charge on any atom is 0.162 e. The molecule has 0 fully saturated rings. The first-order valence-corrected chi connectivity index (χ1v) is 7.38. The molecule has 0 aromatic heterocycles. The molecule has 0 heterocycles. The Balaban J connectivity index is 1.82. The van der Waals surface area contributed by atoms with Crippen molar-refractivity contribution in [2.75, 3.05) is 0 Å². The monoisotopic (exact) mass is 288 g/mol. The van der Waals surface area contributed by atoms with Gasteiger partial charge in [0.1, 0.15) is 0 Å². The predicted octanol–water partition coefficient (Wildman–Crippen LogP) is 4.12. The number of aryl methyl sites for hydroxylation is 2. The average molecular weight is 288 g/mol. The molecule has 2 aromatic rings. The Morgan fingerprint density at radius 1 is 1.00 bits per heavy atom. The molecule has 0 spiro atoms. The Morgan fingerprint density at radius 3 is 2.57 bits per heavy atom. The van der Waals surface area contributed by atoms with Crippen LogP contribution in [-0.2, 0) is 19.3 Å². The van der Waals surface area contributed by atoms with Gasteiger partial charge in [-0.25, -0.2) is 8.78 Å². The number of aliphatic hydroxyl groups excluding tert-OH is 1. The number of hydrogen-bond acceptors (Lipinski definition) is 1. The van der Waals surface area contributed by atoms with Crippen LogP contribution in [0.2, 0.25) is 0 Å². The summed E-state index contributed by atoms with van der Waals surface area (Å²) >= 11 is 0. The SMILES string of the molecule is OC(Cc1cccc(F)c1F)c1ccc2c(c1)CCCC2. The average Bonchev–Trinajstić information content (AvgIpc) is 2.51. The van der Waals surface area contributed by atoms with Crippen molar-refractivity contribution in [3.63, 3.8) is 0 Å². The molecular formula is C18H18F2O. The fraction of sp³-hybridized carbons (Fsp3) is 0.333. The Kier molecular flexibility index (Phi) is 4.02. The second-order valence-electron chi connectivity index (χ2n) is 5.67. The molecule has 0 radical (unpaired) electrons. The molecule has 2 aromatic carbocycles. The maximum atomic E-state index is 13.7. The molecule has 1 nitrogen and oxygen atoms in total. The van der Waals surface area contributed by atoms with Gasteiger partial charge in [0, 0.05) is 6.42 Å². The molecule has 1 aliphatic carbocycles. The largest absolute Gasteiger partial charge is 0.388 e. The fourth-order valence-corrected chi connectivity index (χ4v) is 2.99. The normalized spacial score (nSPS) is 15.6. The third-order valence-electron chi connectivity index (χ3n) is 4.20. The second kappa shape index (κ2) is 5.94. The summed E-state index contributed by atoms with van der Waals surface area (Å²) in [5.41, 5.74) is 3.60. The minimum absolute atomic E-state index is 0.0857. The smallest absolute Gasteiger partial charge is 0.162 e. The molecule has 3 rings (SSSR count). The van der Waals surface area contributed by atoms with Crippen LogP contribution in [0.3, 0.4) is 0 Å². The minimum Gasteiger partial charge on any atom is -0.388 e. The van der Waals surface area contributed by atoms with E-state index in [1.165, 1.54) is 36.1 Å². The molecule has 1 N–H and O–H groups in total. The highest BCUT2D eigenvalue weighted by atomic mass is 19.2. The van der Waals surface area contributed by atoms with Crippen LogP contribution in [0.15, 0.2) is 36.4 Å². The van der Waals surface area contributed by atoms with Gasteiger partial charge in [0.25, 0.3) is 0 Å². The van der Waals surface area contributed by atoms with Crippen LogP contribution in [-0.4, -0.2) is 5.11 Å². The number of aliphatic hydroxyl groups is 1. The summed E-state index contributed by atoms with van der Waals surface area (Å²) in [7, 11) is 0. The van der Waals surface area contributed by atoms with Crippen LogP contribution in [0, 0.1) is 11.6 Å². The molecule has 0 amide bonds. The Morgan fingerprint density at radius 2 is 1.76 bits per heavy atom. The van der Waals surface area contributed by atoms with Crippen molar-refractivity contribution in [2.45, 2.75) is 38.2 Å². The van der Waals surface area contributed by atoms with Gasteiger partial charge in [0.15, 0.2) is 11.6 Å². The lowest BCUT2D eigenvalue weighted by Crippen LogP contribution is -2.08. The van der Waals surface area contributed by atoms with Gasteiger partial charge >= 0.3 is 0 Å². The Labute approximate surface area is 123 Å². The van der Waals surface area contributed by atoms with E-state index < -0.39 is 17.7 Å². The van der Waals surface area contributed by atoms with Gasteiger partial charge in [0.2, 0.25) is 0 Å². The van der Waals surface area contributed by atoms with Crippen molar-refractivity contribution in [3.05, 3.63) is 70.3 Å². The summed E-state index contributed by atoms with van der Waals surface area (Å²) in [4.78, 5) is 0. The van der Waals surface area contributed by atoms with E-state index in [4.69, 9.17) is 0 Å². The van der Waals surface area contributed by atoms with E-state index in [-0.39, 0.29) is 12.0 Å². The van der Waals surface area contributed by atoms with Crippen LogP contribution in [0.25, 0.3) is 0 Å². The first-order chi connectivity index (χ1) is 10.1. The minimum atomic E-state index is -0.870. The molecule has 3 heteroatoms. The third kappa shape index (κ3) is 2.98. The first-order valence-electron chi connectivity index (χ1n) is 7.38. The maximum absolute atomic E-state index is 13.7. The van der Waals surface area contributed by atoms with Crippen molar-refractivity contribution in [1.29, 1.82) is 0 Å². The van der Waals surface area contributed by atoms with E-state index in [0.717, 1.165) is 24.5 Å². The van der Waals surface area contributed by atoms with Crippen molar-refractivity contribution >= 4 is 0 Å². The summed E-state index contributed by atoms with van der Waals surface area (Å²) in [6.45, 7) is 0. The zero-order valence-electron chi connectivity index (χ0n) is 11.8. The van der Waals surface area contributed by atoms with Crippen LogP contribution in [0.4, 0.5) is 8.78 Å². The molecule has 1 aliphatic rings. The third-order valence-corrected chi connectivity index (χ3v) is 4.20. The van der Waals surface area contributed by atoms with Crippen molar-refractivity contribution < 1.29 is 13.9 Å². The molecule has 0 aliphatic heterocycles. The Bertz CT molecular complexity index is 652. The summed E-state index contributed by atoms with van der Waals surface area (Å²) in [5.74, 6) is -1.74. The highest BCUT2D eigenvalue weighted by molar-refractivity contribution is 5.35. The van der Waals surface area contributed by atoms with Gasteiger partial charge in [-0.1, -0.05) is 30.3 Å².